The van der Waals surface area contributed by atoms with Gasteiger partial charge in [-0.25, -0.2) is 17.5 Å². The second kappa shape index (κ2) is 7.24. The molecule has 0 aliphatic heterocycles. The molecule has 5 N–H and O–H groups in total. The lowest BCUT2D eigenvalue weighted by Gasteiger charge is -2.23. The number of carbonyl (C=O) groups is 1. The molecule has 1 rings (SSSR count). The van der Waals surface area contributed by atoms with Crippen molar-refractivity contribution in [2.24, 2.45) is 11.1 Å². The zero-order chi connectivity index (χ0) is 17.8. The number of primary amides is 1. The third-order valence-electron chi connectivity index (χ3n) is 3.25. The Morgan fingerprint density at radius 1 is 1.43 bits per heavy atom. The average molecular weight is 347 g/mol. The molecule has 0 unspecified atom stereocenters. The molecule has 9 heteroatoms. The number of nitrogens with one attached hydrogen (secondary N) is 2. The van der Waals surface area contributed by atoms with Gasteiger partial charge in [-0.2, -0.15) is 0 Å². The van der Waals surface area contributed by atoms with Crippen molar-refractivity contribution < 1.29 is 22.7 Å². The number of carbonyl (C=O) groups excluding carboxylic acids is 1. The highest BCUT2D eigenvalue weighted by atomic mass is 32.2. The third-order valence-corrected chi connectivity index (χ3v) is 4.88. The molecule has 1 aromatic carbocycles. The van der Waals surface area contributed by atoms with E-state index in [1.165, 1.54) is 13.0 Å². The fraction of sp³-hybridized carbons (Fsp3) is 0.500. The monoisotopic (exact) mass is 347 g/mol. The first-order chi connectivity index (χ1) is 10.5. The maximum atomic E-state index is 13.5. The van der Waals surface area contributed by atoms with Crippen LogP contribution in [0.3, 0.4) is 0 Å². The SMILES string of the molecule is C[C@@H](CO)NS(=O)(=O)c1cc(F)ccc1NCC(C)(C)C(N)=O. The number of hydrogen-bond donors (Lipinski definition) is 4. The van der Waals surface area contributed by atoms with E-state index in [2.05, 4.69) is 10.0 Å². The Hall–Kier alpha value is -1.71. The number of nitrogens with two attached hydrogens (primary N) is 1. The minimum atomic E-state index is -4.04. The summed E-state index contributed by atoms with van der Waals surface area (Å²) < 4.78 is 40.3. The Morgan fingerprint density at radius 2 is 2.04 bits per heavy atom. The van der Waals surface area contributed by atoms with E-state index < -0.39 is 39.8 Å². The fourth-order valence-corrected chi connectivity index (χ4v) is 3.06. The molecule has 0 heterocycles. The van der Waals surface area contributed by atoms with Gasteiger partial charge in [0, 0.05) is 12.6 Å². The Balaban J connectivity index is 3.14. The number of benzene rings is 1. The van der Waals surface area contributed by atoms with Crippen molar-refractivity contribution in [3.8, 4) is 0 Å². The molecule has 0 aliphatic carbocycles. The summed E-state index contributed by atoms with van der Waals surface area (Å²) in [5, 5.41) is 11.8. The summed E-state index contributed by atoms with van der Waals surface area (Å²) >= 11 is 0. The molecular formula is C14H22FN3O4S. The fourth-order valence-electron chi connectivity index (χ4n) is 1.63. The lowest BCUT2D eigenvalue weighted by molar-refractivity contribution is -0.125. The van der Waals surface area contributed by atoms with Gasteiger partial charge in [0.05, 0.1) is 17.7 Å². The van der Waals surface area contributed by atoms with Crippen molar-refractivity contribution in [2.75, 3.05) is 18.5 Å². The van der Waals surface area contributed by atoms with Gasteiger partial charge in [-0.3, -0.25) is 4.79 Å². The first-order valence-electron chi connectivity index (χ1n) is 6.96. The molecule has 0 aromatic heterocycles. The summed E-state index contributed by atoms with van der Waals surface area (Å²) in [5.41, 5.74) is 4.49. The molecule has 0 radical (unpaired) electrons. The zero-order valence-electron chi connectivity index (χ0n) is 13.3. The van der Waals surface area contributed by atoms with E-state index in [4.69, 9.17) is 10.8 Å². The molecule has 0 bridgehead atoms. The van der Waals surface area contributed by atoms with E-state index in [0.29, 0.717) is 0 Å². The van der Waals surface area contributed by atoms with Crippen LogP contribution >= 0.6 is 0 Å². The number of hydrogen-bond acceptors (Lipinski definition) is 5. The van der Waals surface area contributed by atoms with Crippen LogP contribution in [-0.2, 0) is 14.8 Å². The van der Waals surface area contributed by atoms with Crippen LogP contribution in [0.4, 0.5) is 10.1 Å². The number of amides is 1. The van der Waals surface area contributed by atoms with E-state index in [0.717, 1.165) is 12.1 Å². The molecule has 0 saturated heterocycles. The Labute approximate surface area is 135 Å². The van der Waals surface area contributed by atoms with Gasteiger partial charge in [0.1, 0.15) is 10.7 Å². The summed E-state index contributed by atoms with van der Waals surface area (Å²) in [6, 6.07) is 2.52. The van der Waals surface area contributed by atoms with Gasteiger partial charge in [0.15, 0.2) is 0 Å². The summed E-state index contributed by atoms with van der Waals surface area (Å²) in [4.78, 5) is 11.0. The van der Waals surface area contributed by atoms with Crippen LogP contribution in [-0.4, -0.2) is 38.6 Å². The second-order valence-corrected chi connectivity index (χ2v) is 7.63. The highest BCUT2D eigenvalue weighted by Gasteiger charge is 2.27. The molecule has 0 saturated carbocycles. The largest absolute Gasteiger partial charge is 0.395 e. The van der Waals surface area contributed by atoms with Gasteiger partial charge in [0.25, 0.3) is 0 Å². The van der Waals surface area contributed by atoms with Crippen molar-refractivity contribution in [3.63, 3.8) is 0 Å². The lowest BCUT2D eigenvalue weighted by Crippen LogP contribution is -2.38. The van der Waals surface area contributed by atoms with Crippen LogP contribution in [0, 0.1) is 11.2 Å². The van der Waals surface area contributed by atoms with Crippen LogP contribution in [0.2, 0.25) is 0 Å². The number of rotatable bonds is 8. The quantitative estimate of drug-likeness (QED) is 0.543. The van der Waals surface area contributed by atoms with E-state index in [-0.39, 0.29) is 17.1 Å². The first kappa shape index (κ1) is 19.3. The van der Waals surface area contributed by atoms with Gasteiger partial charge < -0.3 is 16.2 Å². The molecule has 0 fully saturated rings. The second-order valence-electron chi connectivity index (χ2n) is 5.95. The maximum Gasteiger partial charge on any atom is 0.243 e. The number of sulfonamides is 1. The summed E-state index contributed by atoms with van der Waals surface area (Å²) in [6.45, 7) is 4.36. The van der Waals surface area contributed by atoms with Crippen LogP contribution < -0.4 is 15.8 Å². The number of aliphatic hydroxyl groups is 1. The van der Waals surface area contributed by atoms with Gasteiger partial charge in [-0.15, -0.1) is 0 Å². The minimum absolute atomic E-state index is 0.0754. The summed E-state index contributed by atoms with van der Waals surface area (Å²) in [5.74, 6) is -1.27. The standard InChI is InChI=1S/C14H22FN3O4S/c1-9(7-19)18-23(21,22)12-6-10(15)4-5-11(12)17-8-14(2,3)13(16)20/h4-6,9,17-19H,7-8H2,1-3H3,(H2,16,20)/t9-/m0/s1. The third kappa shape index (κ3) is 5.15. The van der Waals surface area contributed by atoms with Crippen molar-refractivity contribution in [3.05, 3.63) is 24.0 Å². The van der Waals surface area contributed by atoms with Gasteiger partial charge >= 0.3 is 0 Å². The van der Waals surface area contributed by atoms with E-state index in [9.17, 15) is 17.6 Å². The summed E-state index contributed by atoms with van der Waals surface area (Å²) in [6.07, 6.45) is 0. The highest BCUT2D eigenvalue weighted by molar-refractivity contribution is 7.89. The molecule has 0 spiro atoms. The molecule has 23 heavy (non-hydrogen) atoms. The van der Waals surface area contributed by atoms with E-state index >= 15 is 0 Å². The molecule has 1 atom stereocenters. The summed E-state index contributed by atoms with van der Waals surface area (Å²) in [7, 11) is -4.04. The first-order valence-corrected chi connectivity index (χ1v) is 8.44. The van der Waals surface area contributed by atoms with Crippen molar-refractivity contribution in [1.29, 1.82) is 0 Å². The Kier molecular flexibility index (Phi) is 6.09. The molecular weight excluding hydrogens is 325 g/mol. The molecule has 130 valence electrons. The predicted octanol–water partition coefficient (Wildman–Crippen LogP) is 0.408. The van der Waals surface area contributed by atoms with Crippen LogP contribution in [0.25, 0.3) is 0 Å². The van der Waals surface area contributed by atoms with Crippen molar-refractivity contribution >= 4 is 21.6 Å². The zero-order valence-corrected chi connectivity index (χ0v) is 14.1. The van der Waals surface area contributed by atoms with Gasteiger partial charge in [-0.05, 0) is 39.0 Å². The van der Waals surface area contributed by atoms with Crippen LogP contribution in [0.15, 0.2) is 23.1 Å². The maximum absolute atomic E-state index is 13.5. The van der Waals surface area contributed by atoms with Gasteiger partial charge in [-0.1, -0.05) is 0 Å². The molecule has 7 nitrogen and oxygen atoms in total. The molecule has 0 aliphatic rings. The number of halogens is 1. The number of anilines is 1. The van der Waals surface area contributed by atoms with Crippen LogP contribution in [0.1, 0.15) is 20.8 Å². The van der Waals surface area contributed by atoms with Gasteiger partial charge in [0.2, 0.25) is 15.9 Å². The predicted molar refractivity (Wildman–Crippen MR) is 84.7 cm³/mol. The topological polar surface area (TPSA) is 122 Å². The van der Waals surface area contributed by atoms with Crippen molar-refractivity contribution in [2.45, 2.75) is 31.7 Å². The Bertz CT molecular complexity index is 677. The van der Waals surface area contributed by atoms with E-state index in [1.54, 1.807) is 13.8 Å². The van der Waals surface area contributed by atoms with Crippen LogP contribution in [0.5, 0.6) is 0 Å². The highest BCUT2D eigenvalue weighted by Crippen LogP contribution is 2.24. The molecule has 1 amide bonds. The van der Waals surface area contributed by atoms with Crippen molar-refractivity contribution in [1.82, 2.24) is 4.72 Å². The smallest absolute Gasteiger partial charge is 0.243 e. The minimum Gasteiger partial charge on any atom is -0.395 e. The Morgan fingerprint density at radius 3 is 2.57 bits per heavy atom. The lowest BCUT2D eigenvalue weighted by atomic mass is 9.93. The number of aliphatic hydroxyl groups excluding tert-OH is 1. The van der Waals surface area contributed by atoms with E-state index in [1.807, 2.05) is 0 Å². The average Bonchev–Trinajstić information content (AvgIpc) is 2.45. The normalized spacial score (nSPS) is 13.6. The molecule has 1 aromatic rings.